The molecule has 2 aromatic carbocycles. The number of hydrogen-bond donors (Lipinski definition) is 2. The highest BCUT2D eigenvalue weighted by molar-refractivity contribution is 6.31. The predicted molar refractivity (Wildman–Crippen MR) is 107 cm³/mol. The number of rotatable bonds is 5. The van der Waals surface area contributed by atoms with Crippen LogP contribution >= 0.6 is 11.6 Å². The van der Waals surface area contributed by atoms with Gasteiger partial charge in [0.1, 0.15) is 6.54 Å². The molecule has 0 spiro atoms. The molecule has 3 aromatic rings. The fourth-order valence-electron chi connectivity index (χ4n) is 3.03. The number of hydrogen-bond acceptors (Lipinski definition) is 2. The Balaban J connectivity index is 1.50. The van der Waals surface area contributed by atoms with Gasteiger partial charge in [0.05, 0.1) is 0 Å². The maximum Gasteiger partial charge on any atom is 0.251 e. The van der Waals surface area contributed by atoms with E-state index in [-0.39, 0.29) is 18.4 Å². The van der Waals surface area contributed by atoms with Crippen LogP contribution in [0.2, 0.25) is 5.02 Å². The van der Waals surface area contributed by atoms with Crippen molar-refractivity contribution < 1.29 is 9.59 Å². The Morgan fingerprint density at radius 3 is 2.74 bits per heavy atom. The van der Waals surface area contributed by atoms with Gasteiger partial charge in [-0.1, -0.05) is 23.7 Å². The Morgan fingerprint density at radius 2 is 1.96 bits per heavy atom. The molecular weight excluding hydrogens is 362 g/mol. The number of nitrogens with zero attached hydrogens (tertiary/aromatic N) is 1. The Morgan fingerprint density at radius 1 is 1.15 bits per heavy atom. The summed E-state index contributed by atoms with van der Waals surface area (Å²) in [5.41, 5.74) is 3.03. The zero-order valence-corrected chi connectivity index (χ0v) is 15.7. The van der Waals surface area contributed by atoms with Crippen molar-refractivity contribution in [1.29, 1.82) is 0 Å². The first-order valence-corrected chi connectivity index (χ1v) is 9.33. The average molecular weight is 382 g/mol. The number of benzene rings is 2. The Kier molecular flexibility index (Phi) is 4.62. The predicted octanol–water partition coefficient (Wildman–Crippen LogP) is 4.13. The van der Waals surface area contributed by atoms with E-state index in [0.717, 1.165) is 29.3 Å². The number of carbonyl (C=O) groups excluding carboxylic acids is 2. The third-order valence-electron chi connectivity index (χ3n) is 4.74. The summed E-state index contributed by atoms with van der Waals surface area (Å²) < 4.78 is 1.86. The molecule has 2 N–H and O–H groups in total. The van der Waals surface area contributed by atoms with Crippen LogP contribution in [0.25, 0.3) is 10.9 Å². The molecule has 0 saturated heterocycles. The lowest BCUT2D eigenvalue weighted by atomic mass is 10.1. The molecule has 1 aliphatic carbocycles. The molecule has 138 valence electrons. The second-order valence-corrected chi connectivity index (χ2v) is 7.41. The number of nitrogens with one attached hydrogen (secondary N) is 2. The summed E-state index contributed by atoms with van der Waals surface area (Å²) in [6.45, 7) is 2.07. The van der Waals surface area contributed by atoms with Gasteiger partial charge >= 0.3 is 0 Å². The van der Waals surface area contributed by atoms with E-state index in [1.807, 2.05) is 48.0 Å². The highest BCUT2D eigenvalue weighted by Gasteiger charge is 2.24. The van der Waals surface area contributed by atoms with Crippen molar-refractivity contribution in [3.05, 3.63) is 64.8 Å². The molecule has 1 aliphatic rings. The van der Waals surface area contributed by atoms with Crippen molar-refractivity contribution in [1.82, 2.24) is 9.88 Å². The van der Waals surface area contributed by atoms with E-state index in [1.54, 1.807) is 12.1 Å². The Hall–Kier alpha value is -2.79. The van der Waals surface area contributed by atoms with Gasteiger partial charge in [-0.25, -0.2) is 0 Å². The van der Waals surface area contributed by atoms with Crippen LogP contribution in [0.5, 0.6) is 0 Å². The van der Waals surface area contributed by atoms with Gasteiger partial charge in [-0.2, -0.15) is 0 Å². The van der Waals surface area contributed by atoms with E-state index in [1.165, 1.54) is 0 Å². The molecule has 6 heteroatoms. The normalized spacial score (nSPS) is 13.6. The minimum absolute atomic E-state index is 0.0981. The third kappa shape index (κ3) is 3.98. The van der Waals surface area contributed by atoms with Gasteiger partial charge in [0.15, 0.2) is 0 Å². The highest BCUT2D eigenvalue weighted by atomic mass is 35.5. The molecule has 1 saturated carbocycles. The molecule has 1 aromatic heterocycles. The fourth-order valence-corrected chi connectivity index (χ4v) is 3.20. The molecule has 0 unspecified atom stereocenters. The maximum atomic E-state index is 12.6. The monoisotopic (exact) mass is 381 g/mol. The lowest BCUT2D eigenvalue weighted by molar-refractivity contribution is -0.116. The first kappa shape index (κ1) is 17.6. The van der Waals surface area contributed by atoms with E-state index in [4.69, 9.17) is 11.6 Å². The number of halogens is 1. The molecular formula is C21H20ClN3O2. The summed E-state index contributed by atoms with van der Waals surface area (Å²) in [7, 11) is 0. The second-order valence-electron chi connectivity index (χ2n) is 6.97. The van der Waals surface area contributed by atoms with Crippen LogP contribution in [0.3, 0.4) is 0 Å². The third-order valence-corrected chi connectivity index (χ3v) is 4.97. The number of fused-ring (bicyclic) bond motifs is 1. The maximum absolute atomic E-state index is 12.6. The van der Waals surface area contributed by atoms with Crippen LogP contribution in [0.15, 0.2) is 48.7 Å². The van der Waals surface area contributed by atoms with E-state index in [0.29, 0.717) is 22.3 Å². The zero-order valence-electron chi connectivity index (χ0n) is 15.0. The van der Waals surface area contributed by atoms with Crippen LogP contribution < -0.4 is 10.6 Å². The Labute approximate surface area is 162 Å². The fraction of sp³-hybridized carbons (Fsp3) is 0.238. The minimum Gasteiger partial charge on any atom is -0.349 e. The first-order chi connectivity index (χ1) is 13.0. The molecule has 0 radical (unpaired) electrons. The zero-order chi connectivity index (χ0) is 19.0. The Bertz CT molecular complexity index is 1040. The summed E-state index contributed by atoms with van der Waals surface area (Å²) in [4.78, 5) is 24.8. The molecule has 0 atom stereocenters. The van der Waals surface area contributed by atoms with Crippen LogP contribution in [0.1, 0.15) is 28.8 Å². The smallest absolute Gasteiger partial charge is 0.251 e. The number of aromatic nitrogens is 1. The van der Waals surface area contributed by atoms with Crippen molar-refractivity contribution in [2.75, 3.05) is 5.32 Å². The molecule has 0 bridgehead atoms. The molecule has 5 nitrogen and oxygen atoms in total. The van der Waals surface area contributed by atoms with Crippen molar-refractivity contribution >= 4 is 40.0 Å². The molecule has 27 heavy (non-hydrogen) atoms. The van der Waals surface area contributed by atoms with Crippen LogP contribution in [0.4, 0.5) is 5.69 Å². The summed E-state index contributed by atoms with van der Waals surface area (Å²) in [6.07, 6.45) is 3.94. The van der Waals surface area contributed by atoms with Gasteiger partial charge in [0, 0.05) is 34.0 Å². The van der Waals surface area contributed by atoms with Gasteiger partial charge in [0.2, 0.25) is 5.91 Å². The van der Waals surface area contributed by atoms with Crippen molar-refractivity contribution in [3.63, 3.8) is 0 Å². The van der Waals surface area contributed by atoms with Gasteiger partial charge in [-0.3, -0.25) is 9.59 Å². The first-order valence-electron chi connectivity index (χ1n) is 8.95. The number of anilines is 1. The van der Waals surface area contributed by atoms with E-state index >= 15 is 0 Å². The minimum atomic E-state index is -0.157. The van der Waals surface area contributed by atoms with Gasteiger partial charge in [-0.15, -0.1) is 0 Å². The standard InChI is InChI=1S/C21H20ClN3O2/c1-13-2-3-15(21(27)23-17-6-7-17)10-18(13)24-20(26)12-25-9-8-14-4-5-16(22)11-19(14)25/h2-5,8-11,17H,6-7,12H2,1H3,(H,23,27)(H,24,26). The highest BCUT2D eigenvalue weighted by Crippen LogP contribution is 2.23. The van der Waals surface area contributed by atoms with E-state index in [9.17, 15) is 9.59 Å². The molecule has 2 amide bonds. The quantitative estimate of drug-likeness (QED) is 0.697. The van der Waals surface area contributed by atoms with Gasteiger partial charge in [0.25, 0.3) is 5.91 Å². The summed E-state index contributed by atoms with van der Waals surface area (Å²) in [5.74, 6) is -0.255. The lowest BCUT2D eigenvalue weighted by Crippen LogP contribution is -2.25. The average Bonchev–Trinajstić information content (AvgIpc) is 3.37. The largest absolute Gasteiger partial charge is 0.349 e. The van der Waals surface area contributed by atoms with Crippen molar-refractivity contribution in [2.45, 2.75) is 32.4 Å². The molecule has 0 aliphatic heterocycles. The van der Waals surface area contributed by atoms with Crippen LogP contribution in [-0.4, -0.2) is 22.4 Å². The summed E-state index contributed by atoms with van der Waals surface area (Å²) in [5, 5.41) is 7.55. The number of aryl methyl sites for hydroxylation is 1. The van der Waals surface area contributed by atoms with Crippen molar-refractivity contribution in [2.24, 2.45) is 0 Å². The molecule has 1 heterocycles. The lowest BCUT2D eigenvalue weighted by Gasteiger charge is -2.12. The number of amides is 2. The SMILES string of the molecule is Cc1ccc(C(=O)NC2CC2)cc1NC(=O)Cn1ccc2ccc(Cl)cc21. The second kappa shape index (κ2) is 7.08. The summed E-state index contributed by atoms with van der Waals surface area (Å²) in [6, 6.07) is 13.2. The van der Waals surface area contributed by atoms with Crippen LogP contribution in [0, 0.1) is 6.92 Å². The topological polar surface area (TPSA) is 63.1 Å². The summed E-state index contributed by atoms with van der Waals surface area (Å²) >= 11 is 6.07. The van der Waals surface area contributed by atoms with Gasteiger partial charge < -0.3 is 15.2 Å². The van der Waals surface area contributed by atoms with Crippen LogP contribution in [-0.2, 0) is 11.3 Å². The molecule has 1 fully saturated rings. The van der Waals surface area contributed by atoms with E-state index < -0.39 is 0 Å². The van der Waals surface area contributed by atoms with Crippen molar-refractivity contribution in [3.8, 4) is 0 Å². The molecule has 4 rings (SSSR count). The van der Waals surface area contributed by atoms with Gasteiger partial charge in [-0.05, 0) is 61.0 Å². The number of carbonyl (C=O) groups is 2. The van der Waals surface area contributed by atoms with E-state index in [2.05, 4.69) is 10.6 Å².